The number of nitrogens with zero attached hydrogens (tertiary/aromatic N) is 2. The Morgan fingerprint density at radius 3 is 2.86 bits per heavy atom. The maximum Gasteiger partial charge on any atom is 0.245 e. The second kappa shape index (κ2) is 6.26. The van der Waals surface area contributed by atoms with Gasteiger partial charge < -0.3 is 20.1 Å². The summed E-state index contributed by atoms with van der Waals surface area (Å²) in [6.07, 6.45) is 2.90. The van der Waals surface area contributed by atoms with Gasteiger partial charge >= 0.3 is 0 Å². The lowest BCUT2D eigenvalue weighted by molar-refractivity contribution is -0.139. The SMILES string of the molecule is Cc1cc(NC(=O)CN(C)C(=O)C2(C)CCCCN2)no1. The van der Waals surface area contributed by atoms with E-state index < -0.39 is 5.54 Å². The van der Waals surface area contributed by atoms with E-state index in [0.717, 1.165) is 25.8 Å². The van der Waals surface area contributed by atoms with Crippen molar-refractivity contribution in [2.45, 2.75) is 38.6 Å². The highest BCUT2D eigenvalue weighted by Gasteiger charge is 2.36. The van der Waals surface area contributed by atoms with Gasteiger partial charge in [-0.25, -0.2) is 0 Å². The number of likely N-dealkylation sites (N-methyl/N-ethyl adjacent to an activating group) is 1. The Morgan fingerprint density at radius 1 is 1.52 bits per heavy atom. The summed E-state index contributed by atoms with van der Waals surface area (Å²) in [6.45, 7) is 4.46. The first-order valence-corrected chi connectivity index (χ1v) is 7.14. The number of piperidine rings is 1. The maximum atomic E-state index is 12.5. The number of rotatable bonds is 4. The molecule has 7 nitrogen and oxygen atoms in total. The van der Waals surface area contributed by atoms with Gasteiger partial charge in [-0.3, -0.25) is 9.59 Å². The molecule has 1 saturated heterocycles. The van der Waals surface area contributed by atoms with E-state index in [1.165, 1.54) is 4.90 Å². The van der Waals surface area contributed by atoms with Crippen molar-refractivity contribution in [1.29, 1.82) is 0 Å². The minimum Gasteiger partial charge on any atom is -0.360 e. The third-order valence-corrected chi connectivity index (χ3v) is 3.71. The van der Waals surface area contributed by atoms with Crippen LogP contribution in [0.15, 0.2) is 10.6 Å². The van der Waals surface area contributed by atoms with Crippen LogP contribution in [-0.2, 0) is 9.59 Å². The molecule has 2 N–H and O–H groups in total. The lowest BCUT2D eigenvalue weighted by Gasteiger charge is -2.36. The first-order chi connectivity index (χ1) is 9.90. The molecule has 1 fully saturated rings. The molecular weight excluding hydrogens is 272 g/mol. The number of hydrogen-bond donors (Lipinski definition) is 2. The zero-order chi connectivity index (χ0) is 15.5. The molecule has 1 aromatic rings. The molecule has 2 heterocycles. The summed E-state index contributed by atoms with van der Waals surface area (Å²) < 4.78 is 4.87. The first kappa shape index (κ1) is 15.5. The van der Waals surface area contributed by atoms with Crippen LogP contribution >= 0.6 is 0 Å². The van der Waals surface area contributed by atoms with E-state index in [1.54, 1.807) is 20.0 Å². The molecule has 0 saturated carbocycles. The minimum atomic E-state index is -0.572. The lowest BCUT2D eigenvalue weighted by atomic mass is 9.89. The molecule has 1 unspecified atom stereocenters. The van der Waals surface area contributed by atoms with Crippen molar-refractivity contribution in [1.82, 2.24) is 15.4 Å². The van der Waals surface area contributed by atoms with Gasteiger partial charge in [0.2, 0.25) is 11.8 Å². The normalized spacial score (nSPS) is 21.9. The Bertz CT molecular complexity index is 520. The van der Waals surface area contributed by atoms with Crippen molar-refractivity contribution in [3.8, 4) is 0 Å². The third-order valence-electron chi connectivity index (χ3n) is 3.71. The van der Waals surface area contributed by atoms with Crippen LogP contribution in [0, 0.1) is 6.92 Å². The molecule has 0 aromatic carbocycles. The third kappa shape index (κ3) is 3.81. The standard InChI is InChI=1S/C14H22N4O3/c1-10-8-11(17-21-10)16-12(19)9-18(3)13(20)14(2)6-4-5-7-15-14/h8,15H,4-7,9H2,1-3H3,(H,16,17,19). The molecule has 1 atom stereocenters. The highest BCUT2D eigenvalue weighted by Crippen LogP contribution is 2.20. The van der Waals surface area contributed by atoms with Crippen molar-refractivity contribution in [2.75, 3.05) is 25.5 Å². The van der Waals surface area contributed by atoms with Crippen molar-refractivity contribution in [3.05, 3.63) is 11.8 Å². The minimum absolute atomic E-state index is 0.0119. The number of amides is 2. The average Bonchev–Trinajstić information content (AvgIpc) is 2.83. The number of anilines is 1. The quantitative estimate of drug-likeness (QED) is 0.862. The number of nitrogens with one attached hydrogen (secondary N) is 2. The summed E-state index contributed by atoms with van der Waals surface area (Å²) in [5, 5.41) is 9.55. The Hall–Kier alpha value is -1.89. The molecule has 116 valence electrons. The van der Waals surface area contributed by atoms with Gasteiger partial charge in [0, 0.05) is 13.1 Å². The maximum absolute atomic E-state index is 12.5. The average molecular weight is 294 g/mol. The summed E-state index contributed by atoms with van der Waals surface area (Å²) >= 11 is 0. The molecule has 2 rings (SSSR count). The molecule has 0 spiro atoms. The topological polar surface area (TPSA) is 87.5 Å². The monoisotopic (exact) mass is 294 g/mol. The van der Waals surface area contributed by atoms with Crippen LogP contribution in [0.25, 0.3) is 0 Å². The number of carbonyl (C=O) groups is 2. The van der Waals surface area contributed by atoms with Crippen LogP contribution < -0.4 is 10.6 Å². The van der Waals surface area contributed by atoms with Gasteiger partial charge in [0.15, 0.2) is 5.82 Å². The van der Waals surface area contributed by atoms with E-state index in [-0.39, 0.29) is 18.4 Å². The number of aryl methyl sites for hydroxylation is 1. The zero-order valence-corrected chi connectivity index (χ0v) is 12.7. The van der Waals surface area contributed by atoms with Crippen molar-refractivity contribution >= 4 is 17.6 Å². The van der Waals surface area contributed by atoms with Gasteiger partial charge in [0.25, 0.3) is 0 Å². The summed E-state index contributed by atoms with van der Waals surface area (Å²) in [5.74, 6) is 0.626. The summed E-state index contributed by atoms with van der Waals surface area (Å²) in [6, 6.07) is 1.63. The van der Waals surface area contributed by atoms with Gasteiger partial charge in [-0.05, 0) is 39.7 Å². The van der Waals surface area contributed by atoms with Crippen LogP contribution in [-0.4, -0.2) is 47.5 Å². The van der Waals surface area contributed by atoms with Crippen molar-refractivity contribution in [3.63, 3.8) is 0 Å². The number of hydrogen-bond acceptors (Lipinski definition) is 5. The zero-order valence-electron chi connectivity index (χ0n) is 12.7. The fourth-order valence-corrected chi connectivity index (χ4v) is 2.55. The highest BCUT2D eigenvalue weighted by atomic mass is 16.5. The van der Waals surface area contributed by atoms with E-state index in [1.807, 2.05) is 6.92 Å². The lowest BCUT2D eigenvalue weighted by Crippen LogP contribution is -2.58. The van der Waals surface area contributed by atoms with Crippen LogP contribution in [0.1, 0.15) is 31.9 Å². The molecule has 1 aliphatic rings. The number of aromatic nitrogens is 1. The Labute approximate surface area is 124 Å². The van der Waals surface area contributed by atoms with Crippen LogP contribution in [0.3, 0.4) is 0 Å². The Balaban J connectivity index is 1.89. The molecule has 0 aliphatic carbocycles. The van der Waals surface area contributed by atoms with Gasteiger partial charge in [-0.2, -0.15) is 0 Å². The molecule has 0 bridgehead atoms. The molecule has 21 heavy (non-hydrogen) atoms. The summed E-state index contributed by atoms with van der Waals surface area (Å²) in [5.41, 5.74) is -0.572. The second-order valence-corrected chi connectivity index (χ2v) is 5.75. The molecular formula is C14H22N4O3. The fourth-order valence-electron chi connectivity index (χ4n) is 2.55. The molecule has 1 aromatic heterocycles. The highest BCUT2D eigenvalue weighted by molar-refractivity contribution is 5.95. The fraction of sp³-hybridized carbons (Fsp3) is 0.643. The van der Waals surface area contributed by atoms with Crippen molar-refractivity contribution < 1.29 is 14.1 Å². The predicted octanol–water partition coefficient (Wildman–Crippen LogP) is 0.912. The van der Waals surface area contributed by atoms with Gasteiger partial charge in [-0.1, -0.05) is 5.16 Å². The van der Waals surface area contributed by atoms with E-state index in [4.69, 9.17) is 4.52 Å². The largest absolute Gasteiger partial charge is 0.360 e. The van der Waals surface area contributed by atoms with Crippen LogP contribution in [0.5, 0.6) is 0 Å². The van der Waals surface area contributed by atoms with E-state index in [9.17, 15) is 9.59 Å². The summed E-state index contributed by atoms with van der Waals surface area (Å²) in [4.78, 5) is 25.8. The molecule has 7 heteroatoms. The Morgan fingerprint density at radius 2 is 2.29 bits per heavy atom. The van der Waals surface area contributed by atoms with E-state index in [2.05, 4.69) is 15.8 Å². The molecule has 2 amide bonds. The molecule has 1 aliphatic heterocycles. The smallest absolute Gasteiger partial charge is 0.245 e. The van der Waals surface area contributed by atoms with Gasteiger partial charge in [-0.15, -0.1) is 0 Å². The predicted molar refractivity (Wildman–Crippen MR) is 77.8 cm³/mol. The van der Waals surface area contributed by atoms with Crippen LogP contribution in [0.4, 0.5) is 5.82 Å². The van der Waals surface area contributed by atoms with E-state index >= 15 is 0 Å². The first-order valence-electron chi connectivity index (χ1n) is 7.14. The van der Waals surface area contributed by atoms with Gasteiger partial charge in [0.05, 0.1) is 12.1 Å². The van der Waals surface area contributed by atoms with Crippen molar-refractivity contribution in [2.24, 2.45) is 0 Å². The van der Waals surface area contributed by atoms with Gasteiger partial charge in [0.1, 0.15) is 5.76 Å². The summed E-state index contributed by atoms with van der Waals surface area (Å²) in [7, 11) is 1.64. The second-order valence-electron chi connectivity index (χ2n) is 5.75. The Kier molecular flexibility index (Phi) is 4.62. The number of carbonyl (C=O) groups excluding carboxylic acids is 2. The van der Waals surface area contributed by atoms with E-state index in [0.29, 0.717) is 11.6 Å². The van der Waals surface area contributed by atoms with Crippen LogP contribution in [0.2, 0.25) is 0 Å². The molecule has 0 radical (unpaired) electrons.